The van der Waals surface area contributed by atoms with Gasteiger partial charge in [0.2, 0.25) is 5.91 Å². The average Bonchev–Trinajstić information content (AvgIpc) is 2.52. The molecule has 1 saturated carbocycles. The maximum Gasteiger partial charge on any atom is 0.225 e. The highest BCUT2D eigenvalue weighted by molar-refractivity contribution is 5.79. The van der Waals surface area contributed by atoms with E-state index in [9.17, 15) is 4.79 Å². The molecule has 2 fully saturated rings. The topological polar surface area (TPSA) is 49.6 Å². The minimum atomic E-state index is 0.347. The number of amides is 1. The van der Waals surface area contributed by atoms with Crippen LogP contribution in [-0.2, 0) is 4.79 Å². The number of carbonyl (C=O) groups is 1. The molecule has 4 nitrogen and oxygen atoms in total. The summed E-state index contributed by atoms with van der Waals surface area (Å²) in [7, 11) is 0. The van der Waals surface area contributed by atoms with Crippen LogP contribution in [0.4, 0.5) is 0 Å². The molecule has 2 N–H and O–H groups in total. The number of hydrogen-bond donors (Lipinski definition) is 1. The molecule has 18 heavy (non-hydrogen) atoms. The second kappa shape index (κ2) is 6.53. The van der Waals surface area contributed by atoms with Crippen molar-refractivity contribution in [2.24, 2.45) is 17.6 Å². The Morgan fingerprint density at radius 3 is 2.61 bits per heavy atom. The van der Waals surface area contributed by atoms with E-state index in [2.05, 4.69) is 16.7 Å². The van der Waals surface area contributed by atoms with E-state index >= 15 is 0 Å². The highest BCUT2D eigenvalue weighted by Crippen LogP contribution is 2.28. The van der Waals surface area contributed by atoms with Crippen LogP contribution in [0.2, 0.25) is 0 Å². The standard InChI is InChI=1S/C14H27N3O/c1-12(10-15)11-16-6-3-7-17(9-8-16)14(18)13-4-2-5-13/h12-13H,2-11,15H2,1H3. The highest BCUT2D eigenvalue weighted by atomic mass is 16.2. The SMILES string of the molecule is CC(CN)CN1CCCN(C(=O)C2CCC2)CC1. The molecule has 2 rings (SSSR count). The number of nitrogens with zero attached hydrogens (tertiary/aromatic N) is 2. The second-order valence-electron chi connectivity index (χ2n) is 5.95. The van der Waals surface area contributed by atoms with Crippen molar-refractivity contribution in [1.82, 2.24) is 9.80 Å². The lowest BCUT2D eigenvalue weighted by molar-refractivity contribution is -0.138. The van der Waals surface area contributed by atoms with Crippen LogP contribution in [0.3, 0.4) is 0 Å². The molecule has 0 bridgehead atoms. The molecule has 0 aromatic heterocycles. The van der Waals surface area contributed by atoms with Gasteiger partial charge in [-0.15, -0.1) is 0 Å². The molecule has 0 spiro atoms. The summed E-state index contributed by atoms with van der Waals surface area (Å²) >= 11 is 0. The van der Waals surface area contributed by atoms with E-state index in [1.54, 1.807) is 0 Å². The first-order valence-corrected chi connectivity index (χ1v) is 7.42. The summed E-state index contributed by atoms with van der Waals surface area (Å²) in [6.07, 6.45) is 4.58. The summed E-state index contributed by atoms with van der Waals surface area (Å²) in [5, 5.41) is 0. The van der Waals surface area contributed by atoms with Crippen molar-refractivity contribution in [3.05, 3.63) is 0 Å². The van der Waals surface area contributed by atoms with Crippen molar-refractivity contribution in [1.29, 1.82) is 0 Å². The van der Waals surface area contributed by atoms with E-state index in [-0.39, 0.29) is 0 Å². The monoisotopic (exact) mass is 253 g/mol. The molecule has 0 aromatic carbocycles. The summed E-state index contributed by atoms with van der Waals surface area (Å²) in [5.74, 6) is 1.31. The van der Waals surface area contributed by atoms with Gasteiger partial charge in [-0.05, 0) is 38.3 Å². The van der Waals surface area contributed by atoms with Gasteiger partial charge in [0.1, 0.15) is 0 Å². The Labute approximate surface area is 110 Å². The maximum atomic E-state index is 12.2. The van der Waals surface area contributed by atoms with Crippen molar-refractivity contribution in [2.45, 2.75) is 32.6 Å². The largest absolute Gasteiger partial charge is 0.341 e. The summed E-state index contributed by atoms with van der Waals surface area (Å²) in [4.78, 5) is 16.8. The lowest BCUT2D eigenvalue weighted by atomic mass is 9.84. The van der Waals surface area contributed by atoms with E-state index in [0.717, 1.165) is 58.5 Å². The average molecular weight is 253 g/mol. The zero-order chi connectivity index (χ0) is 13.0. The maximum absolute atomic E-state index is 12.2. The van der Waals surface area contributed by atoms with Gasteiger partial charge < -0.3 is 15.5 Å². The normalized spacial score (nSPS) is 24.4. The van der Waals surface area contributed by atoms with E-state index < -0.39 is 0 Å². The quantitative estimate of drug-likeness (QED) is 0.810. The molecule has 2 aliphatic rings. The van der Waals surface area contributed by atoms with E-state index in [0.29, 0.717) is 17.7 Å². The molecule has 104 valence electrons. The van der Waals surface area contributed by atoms with Crippen LogP contribution in [0.1, 0.15) is 32.6 Å². The molecule has 0 aromatic rings. The van der Waals surface area contributed by atoms with Gasteiger partial charge in [-0.2, -0.15) is 0 Å². The Hall–Kier alpha value is -0.610. The highest BCUT2D eigenvalue weighted by Gasteiger charge is 2.30. The van der Waals surface area contributed by atoms with Crippen LogP contribution < -0.4 is 5.73 Å². The van der Waals surface area contributed by atoms with Crippen molar-refractivity contribution in [3.8, 4) is 0 Å². The van der Waals surface area contributed by atoms with Crippen LogP contribution in [0.25, 0.3) is 0 Å². The first kappa shape index (κ1) is 13.8. The Morgan fingerprint density at radius 1 is 1.22 bits per heavy atom. The van der Waals surface area contributed by atoms with Crippen LogP contribution in [0, 0.1) is 11.8 Å². The third kappa shape index (κ3) is 3.45. The Morgan fingerprint density at radius 2 is 2.00 bits per heavy atom. The molecular weight excluding hydrogens is 226 g/mol. The van der Waals surface area contributed by atoms with Crippen LogP contribution >= 0.6 is 0 Å². The fourth-order valence-electron chi connectivity index (χ4n) is 2.80. The zero-order valence-corrected chi connectivity index (χ0v) is 11.6. The van der Waals surface area contributed by atoms with Crippen molar-refractivity contribution < 1.29 is 4.79 Å². The number of hydrogen-bond acceptors (Lipinski definition) is 3. The van der Waals surface area contributed by atoms with Crippen molar-refractivity contribution >= 4 is 5.91 Å². The minimum Gasteiger partial charge on any atom is -0.341 e. The summed E-state index contributed by atoms with van der Waals surface area (Å²) < 4.78 is 0. The molecular formula is C14H27N3O. The fourth-order valence-corrected chi connectivity index (χ4v) is 2.80. The molecule has 1 amide bonds. The first-order chi connectivity index (χ1) is 8.70. The van der Waals surface area contributed by atoms with Crippen LogP contribution in [0.15, 0.2) is 0 Å². The van der Waals surface area contributed by atoms with Crippen LogP contribution in [-0.4, -0.2) is 55.0 Å². The third-order valence-corrected chi connectivity index (χ3v) is 4.33. The lowest BCUT2D eigenvalue weighted by Crippen LogP contribution is -2.41. The van der Waals surface area contributed by atoms with Gasteiger partial charge >= 0.3 is 0 Å². The molecule has 1 heterocycles. The van der Waals surface area contributed by atoms with Gasteiger partial charge in [-0.25, -0.2) is 0 Å². The van der Waals surface area contributed by atoms with E-state index in [4.69, 9.17) is 5.73 Å². The second-order valence-corrected chi connectivity index (χ2v) is 5.95. The van der Waals surface area contributed by atoms with Crippen LogP contribution in [0.5, 0.6) is 0 Å². The van der Waals surface area contributed by atoms with Gasteiger partial charge in [-0.3, -0.25) is 4.79 Å². The van der Waals surface area contributed by atoms with Crippen molar-refractivity contribution in [3.63, 3.8) is 0 Å². The smallest absolute Gasteiger partial charge is 0.225 e. The molecule has 1 atom stereocenters. The van der Waals surface area contributed by atoms with Crippen molar-refractivity contribution in [2.75, 3.05) is 39.3 Å². The summed E-state index contributed by atoms with van der Waals surface area (Å²) in [6, 6.07) is 0. The summed E-state index contributed by atoms with van der Waals surface area (Å²) in [5.41, 5.74) is 5.68. The predicted molar refractivity (Wildman–Crippen MR) is 73.2 cm³/mol. The van der Waals surface area contributed by atoms with Gasteiger partial charge in [0.05, 0.1) is 0 Å². The zero-order valence-electron chi connectivity index (χ0n) is 11.6. The van der Waals surface area contributed by atoms with Gasteiger partial charge in [-0.1, -0.05) is 13.3 Å². The molecule has 0 radical (unpaired) electrons. The van der Waals surface area contributed by atoms with Gasteiger partial charge in [0.15, 0.2) is 0 Å². The molecule has 1 unspecified atom stereocenters. The Kier molecular flexibility index (Phi) is 5.01. The number of nitrogens with two attached hydrogens (primary N) is 1. The number of carbonyl (C=O) groups excluding carboxylic acids is 1. The minimum absolute atomic E-state index is 0.347. The molecule has 1 aliphatic carbocycles. The molecule has 1 aliphatic heterocycles. The molecule has 4 heteroatoms. The fraction of sp³-hybridized carbons (Fsp3) is 0.929. The predicted octanol–water partition coefficient (Wildman–Crippen LogP) is 0.916. The van der Waals surface area contributed by atoms with E-state index in [1.165, 1.54) is 6.42 Å². The Bertz CT molecular complexity index is 278. The van der Waals surface area contributed by atoms with Gasteiger partial charge in [0, 0.05) is 32.1 Å². The van der Waals surface area contributed by atoms with Gasteiger partial charge in [0.25, 0.3) is 0 Å². The molecule has 1 saturated heterocycles. The van der Waals surface area contributed by atoms with E-state index in [1.807, 2.05) is 0 Å². The first-order valence-electron chi connectivity index (χ1n) is 7.42. The lowest BCUT2D eigenvalue weighted by Gasteiger charge is -2.31. The third-order valence-electron chi connectivity index (χ3n) is 4.33. The number of rotatable bonds is 4. The summed E-state index contributed by atoms with van der Waals surface area (Å²) in [6.45, 7) is 8.00. The Balaban J connectivity index is 1.78.